The van der Waals surface area contributed by atoms with E-state index in [1.54, 1.807) is 19.4 Å². The number of halogens is 1. The Balaban J connectivity index is 1.75. The van der Waals surface area contributed by atoms with Gasteiger partial charge in [0.1, 0.15) is 11.6 Å². The molecule has 128 valence electrons. The van der Waals surface area contributed by atoms with Gasteiger partial charge in [-0.3, -0.25) is 0 Å². The summed E-state index contributed by atoms with van der Waals surface area (Å²) in [7, 11) is 1.60. The number of benzene rings is 2. The van der Waals surface area contributed by atoms with Crippen LogP contribution in [-0.4, -0.2) is 17.1 Å². The molecule has 1 heterocycles. The molecule has 0 aliphatic rings. The lowest BCUT2D eigenvalue weighted by Crippen LogP contribution is -2.04. The molecule has 6 heteroatoms. The highest BCUT2D eigenvalue weighted by molar-refractivity contribution is 6.31. The molecule has 0 atom stereocenters. The van der Waals surface area contributed by atoms with Gasteiger partial charge in [-0.05, 0) is 30.2 Å². The van der Waals surface area contributed by atoms with Gasteiger partial charge in [-0.25, -0.2) is 4.98 Å². The highest BCUT2D eigenvalue weighted by Crippen LogP contribution is 2.32. The molecule has 0 radical (unpaired) electrons. The maximum Gasteiger partial charge on any atom is 0.229 e. The van der Waals surface area contributed by atoms with E-state index in [1.807, 2.05) is 37.3 Å². The number of rotatable bonds is 6. The molecule has 5 nitrogen and oxygen atoms in total. The van der Waals surface area contributed by atoms with Gasteiger partial charge in [-0.15, -0.1) is 0 Å². The van der Waals surface area contributed by atoms with Crippen LogP contribution in [0.5, 0.6) is 5.75 Å². The Labute approximate surface area is 152 Å². The van der Waals surface area contributed by atoms with E-state index in [2.05, 4.69) is 32.7 Å². The normalized spacial score (nSPS) is 10.4. The highest BCUT2D eigenvalue weighted by atomic mass is 35.5. The van der Waals surface area contributed by atoms with Crippen molar-refractivity contribution in [3.63, 3.8) is 0 Å². The van der Waals surface area contributed by atoms with Crippen LogP contribution in [0.25, 0.3) is 0 Å². The van der Waals surface area contributed by atoms with Crippen LogP contribution in [0.2, 0.25) is 5.02 Å². The summed E-state index contributed by atoms with van der Waals surface area (Å²) in [5.74, 6) is 1.87. The quantitative estimate of drug-likeness (QED) is 0.665. The van der Waals surface area contributed by atoms with Gasteiger partial charge < -0.3 is 15.4 Å². The van der Waals surface area contributed by atoms with Crippen molar-refractivity contribution in [1.29, 1.82) is 0 Å². The first-order valence-corrected chi connectivity index (χ1v) is 8.25. The minimum atomic E-state index is 0.484. The minimum absolute atomic E-state index is 0.484. The minimum Gasteiger partial charge on any atom is -0.495 e. The molecular formula is C19H19ClN4O. The second-order valence-electron chi connectivity index (χ2n) is 5.53. The second kappa shape index (κ2) is 7.85. The van der Waals surface area contributed by atoms with Gasteiger partial charge >= 0.3 is 0 Å². The average molecular weight is 355 g/mol. The number of hydrogen-bond donors (Lipinski definition) is 2. The van der Waals surface area contributed by atoms with Gasteiger partial charge in [0.15, 0.2) is 0 Å². The van der Waals surface area contributed by atoms with E-state index < -0.39 is 0 Å². The monoisotopic (exact) mass is 354 g/mol. The van der Waals surface area contributed by atoms with Gasteiger partial charge in [0, 0.05) is 23.8 Å². The van der Waals surface area contributed by atoms with Crippen molar-refractivity contribution in [1.82, 2.24) is 9.97 Å². The predicted octanol–water partition coefficient (Wildman–Crippen LogP) is 4.80. The third-order valence-electron chi connectivity index (χ3n) is 3.70. The van der Waals surface area contributed by atoms with Crippen LogP contribution >= 0.6 is 11.6 Å². The summed E-state index contributed by atoms with van der Waals surface area (Å²) in [6.07, 6.45) is 1.71. The number of methoxy groups -OCH3 is 1. The largest absolute Gasteiger partial charge is 0.495 e. The van der Waals surface area contributed by atoms with Gasteiger partial charge in [0.05, 0.1) is 12.8 Å². The Morgan fingerprint density at radius 2 is 1.92 bits per heavy atom. The molecular weight excluding hydrogens is 336 g/mol. The third kappa shape index (κ3) is 4.39. The van der Waals surface area contributed by atoms with Crippen LogP contribution in [0, 0.1) is 6.92 Å². The molecule has 0 amide bonds. The summed E-state index contributed by atoms with van der Waals surface area (Å²) < 4.78 is 5.37. The molecule has 2 aromatic carbocycles. The first kappa shape index (κ1) is 17.0. The fourth-order valence-corrected chi connectivity index (χ4v) is 2.51. The van der Waals surface area contributed by atoms with Crippen molar-refractivity contribution < 1.29 is 4.74 Å². The third-order valence-corrected chi connectivity index (χ3v) is 4.11. The maximum absolute atomic E-state index is 6.14. The van der Waals surface area contributed by atoms with E-state index in [0.717, 1.165) is 17.1 Å². The summed E-state index contributed by atoms with van der Waals surface area (Å²) in [4.78, 5) is 8.76. The number of ether oxygens (including phenoxy) is 1. The molecule has 0 aliphatic heterocycles. The number of nitrogens with zero attached hydrogens (tertiary/aromatic N) is 2. The fraction of sp³-hybridized carbons (Fsp3) is 0.158. The molecule has 0 fully saturated rings. The molecule has 0 saturated heterocycles. The van der Waals surface area contributed by atoms with E-state index in [9.17, 15) is 0 Å². The van der Waals surface area contributed by atoms with E-state index in [0.29, 0.717) is 23.3 Å². The van der Waals surface area contributed by atoms with Crippen molar-refractivity contribution >= 4 is 29.1 Å². The Morgan fingerprint density at radius 1 is 1.12 bits per heavy atom. The molecule has 0 saturated carbocycles. The van der Waals surface area contributed by atoms with E-state index in [-0.39, 0.29) is 0 Å². The van der Waals surface area contributed by atoms with Crippen molar-refractivity contribution in [3.8, 4) is 5.75 Å². The lowest BCUT2D eigenvalue weighted by Gasteiger charge is -2.13. The molecule has 0 unspecified atom stereocenters. The summed E-state index contributed by atoms with van der Waals surface area (Å²) in [6.45, 7) is 2.63. The van der Waals surface area contributed by atoms with Crippen LogP contribution in [-0.2, 0) is 6.54 Å². The van der Waals surface area contributed by atoms with E-state index in [4.69, 9.17) is 16.3 Å². The first-order chi connectivity index (χ1) is 12.2. The smallest absolute Gasteiger partial charge is 0.229 e. The molecule has 0 aliphatic carbocycles. The number of aromatic nitrogens is 2. The number of hydrogen-bond acceptors (Lipinski definition) is 5. The van der Waals surface area contributed by atoms with Crippen LogP contribution in [0.1, 0.15) is 11.1 Å². The summed E-state index contributed by atoms with van der Waals surface area (Å²) in [5, 5.41) is 7.13. The second-order valence-corrected chi connectivity index (χ2v) is 5.94. The number of nitrogens with one attached hydrogen (secondary N) is 2. The van der Waals surface area contributed by atoms with E-state index >= 15 is 0 Å². The molecule has 0 bridgehead atoms. The van der Waals surface area contributed by atoms with Gasteiger partial charge in [0.25, 0.3) is 0 Å². The Kier molecular flexibility index (Phi) is 5.36. The van der Waals surface area contributed by atoms with Gasteiger partial charge in [0.2, 0.25) is 5.95 Å². The zero-order valence-corrected chi connectivity index (χ0v) is 14.8. The standard InChI is InChI=1S/C19H19ClN4O/c1-13-10-16(17(25-2)11-15(13)20)23-19-21-9-8-18(24-19)22-12-14-6-4-3-5-7-14/h3-11H,12H2,1-2H3,(H2,21,22,23,24). The van der Waals surface area contributed by atoms with Crippen molar-refractivity contribution in [2.24, 2.45) is 0 Å². The zero-order chi connectivity index (χ0) is 17.6. The predicted molar refractivity (Wildman–Crippen MR) is 102 cm³/mol. The maximum atomic E-state index is 6.14. The van der Waals surface area contributed by atoms with Gasteiger partial charge in [-0.2, -0.15) is 4.98 Å². The summed E-state index contributed by atoms with van der Waals surface area (Å²) in [5.41, 5.74) is 2.90. The summed E-state index contributed by atoms with van der Waals surface area (Å²) >= 11 is 6.14. The van der Waals surface area contributed by atoms with Crippen LogP contribution < -0.4 is 15.4 Å². The molecule has 0 spiro atoms. The molecule has 3 aromatic rings. The van der Waals surface area contributed by atoms with Crippen LogP contribution in [0.15, 0.2) is 54.7 Å². The van der Waals surface area contributed by atoms with Crippen molar-refractivity contribution in [2.75, 3.05) is 17.7 Å². The Morgan fingerprint density at radius 3 is 2.68 bits per heavy atom. The average Bonchev–Trinajstić information content (AvgIpc) is 2.64. The van der Waals surface area contributed by atoms with Crippen molar-refractivity contribution in [2.45, 2.75) is 13.5 Å². The molecule has 25 heavy (non-hydrogen) atoms. The first-order valence-electron chi connectivity index (χ1n) is 7.87. The molecule has 1 aromatic heterocycles. The highest BCUT2D eigenvalue weighted by Gasteiger charge is 2.09. The van der Waals surface area contributed by atoms with Crippen LogP contribution in [0.4, 0.5) is 17.5 Å². The lowest BCUT2D eigenvalue weighted by molar-refractivity contribution is 0.416. The van der Waals surface area contributed by atoms with Gasteiger partial charge in [-0.1, -0.05) is 41.9 Å². The lowest BCUT2D eigenvalue weighted by atomic mass is 10.2. The van der Waals surface area contributed by atoms with Crippen LogP contribution in [0.3, 0.4) is 0 Å². The fourth-order valence-electron chi connectivity index (χ4n) is 2.36. The zero-order valence-electron chi connectivity index (χ0n) is 14.1. The molecule has 3 rings (SSSR count). The Bertz CT molecular complexity index is 855. The number of anilines is 3. The Hall–Kier alpha value is -2.79. The van der Waals surface area contributed by atoms with E-state index in [1.165, 1.54) is 5.56 Å². The number of aryl methyl sites for hydroxylation is 1. The molecule has 2 N–H and O–H groups in total. The summed E-state index contributed by atoms with van der Waals surface area (Å²) in [6, 6.07) is 15.7. The topological polar surface area (TPSA) is 59.1 Å². The van der Waals surface area contributed by atoms with Crippen molar-refractivity contribution in [3.05, 3.63) is 70.9 Å². The SMILES string of the molecule is COc1cc(Cl)c(C)cc1Nc1nccc(NCc2ccccc2)n1.